The third-order valence-corrected chi connectivity index (χ3v) is 8.25. The number of aryl methyl sites for hydroxylation is 1. The number of halogens is 2. The number of rotatable bonds is 9. The standard InChI is InChI=1S/C33H37F2N3O8/c1-6-19-20-14-18(39)8-9-24(20)37-27-21(19)16-38-25(27)15-23-22(28(38)41)17-44-29(42)33(23,7-2)45-26(40)10-11-32(34,35)12-13-36-30(43)46-31(3,4)5/h8-9,14-15,39H,6-7,10-13,16-17H2,1-5H3,(H,36,43)/t33-/m0/s1. The number of cyclic esters (lactones) is 1. The number of pyridine rings is 2. The lowest BCUT2D eigenvalue weighted by atomic mass is 9.85. The van der Waals surface area contributed by atoms with E-state index in [1.165, 1.54) is 10.6 Å². The number of phenolic OH excluding ortho intramolecular Hbond substituents is 1. The van der Waals surface area contributed by atoms with Crippen molar-refractivity contribution in [3.63, 3.8) is 0 Å². The molecule has 13 heteroatoms. The highest BCUT2D eigenvalue weighted by Crippen LogP contribution is 2.42. The van der Waals surface area contributed by atoms with Gasteiger partial charge in [-0.1, -0.05) is 13.8 Å². The van der Waals surface area contributed by atoms with Crippen LogP contribution >= 0.6 is 0 Å². The van der Waals surface area contributed by atoms with Crippen LogP contribution in [0.3, 0.4) is 0 Å². The van der Waals surface area contributed by atoms with E-state index >= 15 is 0 Å². The highest BCUT2D eigenvalue weighted by molar-refractivity contribution is 5.90. The Kier molecular flexibility index (Phi) is 8.56. The Labute approximate surface area is 263 Å². The van der Waals surface area contributed by atoms with Gasteiger partial charge in [-0.2, -0.15) is 0 Å². The van der Waals surface area contributed by atoms with Gasteiger partial charge < -0.3 is 29.2 Å². The van der Waals surface area contributed by atoms with Crippen molar-refractivity contribution >= 4 is 28.9 Å². The summed E-state index contributed by atoms with van der Waals surface area (Å²) in [4.78, 5) is 56.7. The third kappa shape index (κ3) is 6.14. The smallest absolute Gasteiger partial charge is 0.407 e. The molecule has 1 aromatic carbocycles. The van der Waals surface area contributed by atoms with E-state index in [1.54, 1.807) is 45.9 Å². The monoisotopic (exact) mass is 641 g/mol. The number of ether oxygens (including phenoxy) is 3. The predicted octanol–water partition coefficient (Wildman–Crippen LogP) is 5.23. The molecule has 2 aromatic heterocycles. The Hall–Kier alpha value is -4.55. The zero-order valence-electron chi connectivity index (χ0n) is 26.4. The molecule has 0 unspecified atom stereocenters. The summed E-state index contributed by atoms with van der Waals surface area (Å²) in [6, 6.07) is 6.44. The van der Waals surface area contributed by atoms with E-state index in [2.05, 4.69) is 5.32 Å². The maximum Gasteiger partial charge on any atom is 0.407 e. The summed E-state index contributed by atoms with van der Waals surface area (Å²) in [5.41, 5.74) is 0.314. The minimum Gasteiger partial charge on any atom is -0.508 e. The van der Waals surface area contributed by atoms with E-state index in [9.17, 15) is 33.1 Å². The molecule has 1 atom stereocenters. The quantitative estimate of drug-likeness (QED) is 0.185. The van der Waals surface area contributed by atoms with Gasteiger partial charge in [0.05, 0.1) is 35.4 Å². The number of fused-ring (bicyclic) bond motifs is 5. The normalized spacial score (nSPS) is 17.2. The third-order valence-electron chi connectivity index (χ3n) is 8.25. The second kappa shape index (κ2) is 12.0. The number of esters is 2. The van der Waals surface area contributed by atoms with E-state index in [4.69, 9.17) is 19.2 Å². The first-order valence-electron chi connectivity index (χ1n) is 15.2. The lowest BCUT2D eigenvalue weighted by molar-refractivity contribution is -0.190. The molecule has 5 rings (SSSR count). The largest absolute Gasteiger partial charge is 0.508 e. The molecule has 3 aromatic rings. The lowest BCUT2D eigenvalue weighted by Crippen LogP contribution is -2.47. The van der Waals surface area contributed by atoms with E-state index < -0.39 is 60.0 Å². The molecule has 0 bridgehead atoms. The summed E-state index contributed by atoms with van der Waals surface area (Å²) >= 11 is 0. The van der Waals surface area contributed by atoms with E-state index in [1.807, 2.05) is 6.92 Å². The SMILES string of the molecule is CCc1c2c(nc3ccc(O)cc13)-c1cc3c(c(=O)n1C2)COC(=O)[C@@]3(CC)OC(=O)CCC(F)(F)CCNC(=O)OC(C)(C)C. The topological polar surface area (TPSA) is 146 Å². The Balaban J connectivity index is 1.40. The Bertz CT molecular complexity index is 1800. The molecule has 0 saturated heterocycles. The lowest BCUT2D eigenvalue weighted by Gasteiger charge is -2.35. The molecule has 2 aliphatic heterocycles. The van der Waals surface area contributed by atoms with Crippen LogP contribution < -0.4 is 10.9 Å². The number of hydrogen-bond acceptors (Lipinski definition) is 9. The summed E-state index contributed by atoms with van der Waals surface area (Å²) < 4.78 is 46.8. The number of carbonyl (C=O) groups is 3. The molecule has 246 valence electrons. The van der Waals surface area contributed by atoms with Crippen LogP contribution in [0.4, 0.5) is 13.6 Å². The molecule has 0 fully saturated rings. The molecule has 0 saturated carbocycles. The van der Waals surface area contributed by atoms with Gasteiger partial charge in [-0.15, -0.1) is 0 Å². The average Bonchev–Trinajstić information content (AvgIpc) is 3.34. The second-order valence-electron chi connectivity index (χ2n) is 12.6. The highest BCUT2D eigenvalue weighted by atomic mass is 19.3. The van der Waals surface area contributed by atoms with Crippen molar-refractivity contribution < 1.29 is 42.5 Å². The van der Waals surface area contributed by atoms with E-state index in [0.29, 0.717) is 23.3 Å². The van der Waals surface area contributed by atoms with Crippen LogP contribution in [-0.4, -0.2) is 50.8 Å². The molecule has 11 nitrogen and oxygen atoms in total. The van der Waals surface area contributed by atoms with Gasteiger partial charge in [-0.25, -0.2) is 23.4 Å². The molecule has 0 radical (unpaired) electrons. The number of alkyl carbamates (subject to hydrolysis) is 1. The van der Waals surface area contributed by atoms with Gasteiger partial charge in [0.1, 0.15) is 18.0 Å². The minimum atomic E-state index is -3.33. The Morgan fingerprint density at radius 3 is 2.54 bits per heavy atom. The van der Waals surface area contributed by atoms with Crippen LogP contribution in [0.1, 0.15) is 82.6 Å². The molecule has 1 amide bonds. The molecule has 4 heterocycles. The van der Waals surface area contributed by atoms with E-state index in [-0.39, 0.29) is 43.0 Å². The number of carbonyl (C=O) groups excluding carboxylic acids is 3. The fourth-order valence-electron chi connectivity index (χ4n) is 6.03. The van der Waals surface area contributed by atoms with Gasteiger partial charge in [0.15, 0.2) is 0 Å². The zero-order chi connectivity index (χ0) is 33.6. The van der Waals surface area contributed by atoms with Crippen molar-refractivity contribution in [2.75, 3.05) is 6.54 Å². The summed E-state index contributed by atoms with van der Waals surface area (Å²) in [5.74, 6) is -5.20. The Morgan fingerprint density at radius 1 is 1.13 bits per heavy atom. The van der Waals surface area contributed by atoms with Gasteiger partial charge in [-0.05, 0) is 63.4 Å². The molecule has 0 spiro atoms. The number of nitrogens with zero attached hydrogens (tertiary/aromatic N) is 2. The molecule has 2 aliphatic rings. The summed E-state index contributed by atoms with van der Waals surface area (Å²) in [6.07, 6.45) is -2.70. The fourth-order valence-corrected chi connectivity index (χ4v) is 6.03. The molecule has 0 aliphatic carbocycles. The first kappa shape index (κ1) is 32.8. The van der Waals surface area contributed by atoms with Crippen molar-refractivity contribution in [1.29, 1.82) is 0 Å². The number of benzene rings is 1. The minimum absolute atomic E-state index is 0.0903. The molecular weight excluding hydrogens is 604 g/mol. The molecular formula is C33H37F2N3O8. The van der Waals surface area contributed by atoms with Crippen LogP contribution in [-0.2, 0) is 49.0 Å². The maximum absolute atomic E-state index is 14.6. The number of aromatic hydroxyl groups is 1. The van der Waals surface area contributed by atoms with Gasteiger partial charge >= 0.3 is 18.0 Å². The number of amides is 1. The average molecular weight is 642 g/mol. The number of alkyl halides is 2. The van der Waals surface area contributed by atoms with E-state index in [0.717, 1.165) is 16.5 Å². The summed E-state index contributed by atoms with van der Waals surface area (Å²) in [7, 11) is 0. The zero-order valence-corrected chi connectivity index (χ0v) is 26.4. The van der Waals surface area contributed by atoms with Crippen LogP contribution in [0.5, 0.6) is 5.75 Å². The summed E-state index contributed by atoms with van der Waals surface area (Å²) in [5, 5.41) is 13.1. The van der Waals surface area contributed by atoms with Crippen LogP contribution in [0, 0.1) is 0 Å². The number of phenols is 1. The number of aromatic nitrogens is 2. The van der Waals surface area contributed by atoms with Crippen molar-refractivity contribution in [3.05, 3.63) is 56.9 Å². The van der Waals surface area contributed by atoms with Crippen molar-refractivity contribution in [2.45, 2.75) is 97.0 Å². The molecule has 2 N–H and O–H groups in total. The fraction of sp³-hybridized carbons (Fsp3) is 0.485. The maximum atomic E-state index is 14.6. The van der Waals surface area contributed by atoms with Crippen LogP contribution in [0.2, 0.25) is 0 Å². The van der Waals surface area contributed by atoms with Gasteiger partial charge in [-0.3, -0.25) is 9.59 Å². The number of nitrogens with one attached hydrogen (secondary N) is 1. The summed E-state index contributed by atoms with van der Waals surface area (Å²) in [6.45, 7) is 7.97. The second-order valence-corrected chi connectivity index (χ2v) is 12.6. The Morgan fingerprint density at radius 2 is 1.87 bits per heavy atom. The first-order valence-corrected chi connectivity index (χ1v) is 15.2. The van der Waals surface area contributed by atoms with Crippen molar-refractivity contribution in [1.82, 2.24) is 14.9 Å². The van der Waals surface area contributed by atoms with Crippen LogP contribution in [0.15, 0.2) is 29.1 Å². The van der Waals surface area contributed by atoms with Gasteiger partial charge in [0.2, 0.25) is 11.5 Å². The van der Waals surface area contributed by atoms with Crippen molar-refractivity contribution in [2.24, 2.45) is 0 Å². The number of hydrogen-bond donors (Lipinski definition) is 2. The predicted molar refractivity (Wildman–Crippen MR) is 162 cm³/mol. The van der Waals surface area contributed by atoms with Crippen LogP contribution in [0.25, 0.3) is 22.3 Å². The van der Waals surface area contributed by atoms with Gasteiger partial charge in [0.25, 0.3) is 5.56 Å². The van der Waals surface area contributed by atoms with Gasteiger partial charge in [0, 0.05) is 35.9 Å². The molecule has 46 heavy (non-hydrogen) atoms. The first-order chi connectivity index (χ1) is 21.6. The highest BCUT2D eigenvalue weighted by Gasteiger charge is 2.50. The van der Waals surface area contributed by atoms with Crippen molar-refractivity contribution in [3.8, 4) is 17.1 Å².